The summed E-state index contributed by atoms with van der Waals surface area (Å²) in [5, 5.41) is 11.9. The monoisotopic (exact) mass is 184 g/mol. The van der Waals surface area contributed by atoms with Crippen molar-refractivity contribution in [3.63, 3.8) is 0 Å². The van der Waals surface area contributed by atoms with E-state index in [1.165, 1.54) is 0 Å². The standard InChI is InChI=1S/C13H12O/c1-3-11-9(2)8-10-6-4-5-7-12(10)13(11)14/h3-8,14H,1H2,2H3. The van der Waals surface area contributed by atoms with E-state index >= 15 is 0 Å². The third-order valence-corrected chi connectivity index (χ3v) is 2.47. The molecule has 0 heterocycles. The van der Waals surface area contributed by atoms with Gasteiger partial charge >= 0.3 is 0 Å². The number of phenols is 1. The summed E-state index contributed by atoms with van der Waals surface area (Å²) in [5.41, 5.74) is 1.87. The highest BCUT2D eigenvalue weighted by Crippen LogP contribution is 2.31. The molecule has 0 aliphatic rings. The zero-order valence-electron chi connectivity index (χ0n) is 8.12. The first kappa shape index (κ1) is 8.82. The van der Waals surface area contributed by atoms with Gasteiger partial charge < -0.3 is 5.11 Å². The molecule has 0 saturated heterocycles. The van der Waals surface area contributed by atoms with Crippen LogP contribution in [0.2, 0.25) is 0 Å². The van der Waals surface area contributed by atoms with Gasteiger partial charge in [0.25, 0.3) is 0 Å². The van der Waals surface area contributed by atoms with Crippen LogP contribution in [-0.4, -0.2) is 5.11 Å². The molecule has 0 radical (unpaired) electrons. The SMILES string of the molecule is C=Cc1c(C)cc2ccccc2c1O. The summed E-state index contributed by atoms with van der Waals surface area (Å²) >= 11 is 0. The maximum Gasteiger partial charge on any atom is 0.130 e. The lowest BCUT2D eigenvalue weighted by atomic mass is 10.0. The van der Waals surface area contributed by atoms with Crippen molar-refractivity contribution >= 4 is 16.8 Å². The maximum absolute atomic E-state index is 9.96. The molecule has 1 nitrogen and oxygen atoms in total. The smallest absolute Gasteiger partial charge is 0.130 e. The Labute approximate surface area is 83.3 Å². The number of fused-ring (bicyclic) bond motifs is 1. The Morgan fingerprint density at radius 2 is 2.00 bits per heavy atom. The van der Waals surface area contributed by atoms with Gasteiger partial charge in [-0.3, -0.25) is 0 Å². The second-order valence-electron chi connectivity index (χ2n) is 3.38. The Kier molecular flexibility index (Phi) is 2.01. The molecule has 70 valence electrons. The molecule has 0 aliphatic heterocycles. The Morgan fingerprint density at radius 1 is 1.29 bits per heavy atom. The lowest BCUT2D eigenvalue weighted by Crippen LogP contribution is -1.84. The van der Waals surface area contributed by atoms with Crippen molar-refractivity contribution in [2.75, 3.05) is 0 Å². The van der Waals surface area contributed by atoms with E-state index in [1.54, 1.807) is 6.08 Å². The third kappa shape index (κ3) is 1.18. The quantitative estimate of drug-likeness (QED) is 0.719. The minimum Gasteiger partial charge on any atom is -0.507 e. The minimum absolute atomic E-state index is 0.329. The van der Waals surface area contributed by atoms with E-state index in [2.05, 4.69) is 12.6 Å². The predicted octanol–water partition coefficient (Wildman–Crippen LogP) is 3.50. The Hall–Kier alpha value is -1.76. The van der Waals surface area contributed by atoms with Crippen LogP contribution in [0, 0.1) is 6.92 Å². The van der Waals surface area contributed by atoms with Crippen molar-refractivity contribution in [3.8, 4) is 5.75 Å². The number of phenolic OH excluding ortho intramolecular Hbond substituents is 1. The first-order valence-corrected chi connectivity index (χ1v) is 4.58. The van der Waals surface area contributed by atoms with Crippen LogP contribution in [-0.2, 0) is 0 Å². The fraction of sp³-hybridized carbons (Fsp3) is 0.0769. The van der Waals surface area contributed by atoms with Gasteiger partial charge in [-0.15, -0.1) is 0 Å². The van der Waals surface area contributed by atoms with Crippen molar-refractivity contribution in [2.45, 2.75) is 6.92 Å². The van der Waals surface area contributed by atoms with E-state index in [0.29, 0.717) is 5.75 Å². The second-order valence-corrected chi connectivity index (χ2v) is 3.38. The van der Waals surface area contributed by atoms with E-state index in [-0.39, 0.29) is 0 Å². The van der Waals surface area contributed by atoms with Crippen LogP contribution in [0.5, 0.6) is 5.75 Å². The molecule has 0 saturated carbocycles. The first-order valence-electron chi connectivity index (χ1n) is 4.58. The third-order valence-electron chi connectivity index (χ3n) is 2.47. The number of rotatable bonds is 1. The molecule has 2 aromatic carbocycles. The fourth-order valence-electron chi connectivity index (χ4n) is 1.74. The highest BCUT2D eigenvalue weighted by atomic mass is 16.3. The lowest BCUT2D eigenvalue weighted by molar-refractivity contribution is 0.480. The molecule has 2 rings (SSSR count). The van der Waals surface area contributed by atoms with Crippen LogP contribution >= 0.6 is 0 Å². The zero-order chi connectivity index (χ0) is 10.1. The number of benzene rings is 2. The minimum atomic E-state index is 0.329. The number of hydrogen-bond donors (Lipinski definition) is 1. The van der Waals surface area contributed by atoms with E-state index < -0.39 is 0 Å². The summed E-state index contributed by atoms with van der Waals surface area (Å²) in [4.78, 5) is 0. The van der Waals surface area contributed by atoms with Crippen LogP contribution in [0.3, 0.4) is 0 Å². The molecule has 0 atom stereocenters. The Balaban J connectivity index is 2.92. The number of aryl methyl sites for hydroxylation is 1. The van der Waals surface area contributed by atoms with Gasteiger partial charge in [-0.05, 0) is 17.9 Å². The second kappa shape index (κ2) is 3.18. The average molecular weight is 184 g/mol. The van der Waals surface area contributed by atoms with E-state index in [1.807, 2.05) is 31.2 Å². The van der Waals surface area contributed by atoms with Crippen molar-refractivity contribution in [1.82, 2.24) is 0 Å². The molecule has 0 aromatic heterocycles. The maximum atomic E-state index is 9.96. The van der Waals surface area contributed by atoms with Gasteiger partial charge in [-0.1, -0.05) is 43.0 Å². The predicted molar refractivity (Wildman–Crippen MR) is 60.4 cm³/mol. The Bertz CT molecular complexity index is 498. The highest BCUT2D eigenvalue weighted by molar-refractivity contribution is 5.92. The first-order chi connectivity index (χ1) is 6.74. The summed E-state index contributed by atoms with van der Waals surface area (Å²) < 4.78 is 0. The molecule has 0 spiro atoms. The van der Waals surface area contributed by atoms with Gasteiger partial charge in [-0.2, -0.15) is 0 Å². The van der Waals surface area contributed by atoms with Crippen LogP contribution in [0.1, 0.15) is 11.1 Å². The largest absolute Gasteiger partial charge is 0.507 e. The summed E-state index contributed by atoms with van der Waals surface area (Å²) in [6.45, 7) is 5.67. The van der Waals surface area contributed by atoms with Crippen molar-refractivity contribution in [1.29, 1.82) is 0 Å². The van der Waals surface area contributed by atoms with E-state index in [4.69, 9.17) is 0 Å². The molecule has 0 unspecified atom stereocenters. The fourth-order valence-corrected chi connectivity index (χ4v) is 1.74. The van der Waals surface area contributed by atoms with Crippen LogP contribution < -0.4 is 0 Å². The van der Waals surface area contributed by atoms with Gasteiger partial charge in [0.1, 0.15) is 5.75 Å². The van der Waals surface area contributed by atoms with Gasteiger partial charge in [0.2, 0.25) is 0 Å². The summed E-state index contributed by atoms with van der Waals surface area (Å²) in [7, 11) is 0. The molecule has 0 fully saturated rings. The van der Waals surface area contributed by atoms with E-state index in [0.717, 1.165) is 21.9 Å². The Morgan fingerprint density at radius 3 is 2.71 bits per heavy atom. The number of aromatic hydroxyl groups is 1. The van der Waals surface area contributed by atoms with Gasteiger partial charge in [-0.25, -0.2) is 0 Å². The van der Waals surface area contributed by atoms with Gasteiger partial charge in [0, 0.05) is 10.9 Å². The summed E-state index contributed by atoms with van der Waals surface area (Å²) in [5.74, 6) is 0.329. The molecule has 0 bridgehead atoms. The molecule has 0 amide bonds. The number of hydrogen-bond acceptors (Lipinski definition) is 1. The van der Waals surface area contributed by atoms with Crippen LogP contribution in [0.25, 0.3) is 16.8 Å². The topological polar surface area (TPSA) is 20.2 Å². The molecule has 14 heavy (non-hydrogen) atoms. The van der Waals surface area contributed by atoms with Crippen molar-refractivity contribution in [3.05, 3.63) is 48.0 Å². The average Bonchev–Trinajstić information content (AvgIpc) is 2.18. The molecular formula is C13H12O. The van der Waals surface area contributed by atoms with Crippen molar-refractivity contribution in [2.24, 2.45) is 0 Å². The van der Waals surface area contributed by atoms with Crippen LogP contribution in [0.15, 0.2) is 36.9 Å². The molecule has 1 heteroatoms. The highest BCUT2D eigenvalue weighted by Gasteiger charge is 2.06. The van der Waals surface area contributed by atoms with Gasteiger partial charge in [0.15, 0.2) is 0 Å². The molecular weight excluding hydrogens is 172 g/mol. The zero-order valence-corrected chi connectivity index (χ0v) is 8.12. The normalized spacial score (nSPS) is 10.4. The van der Waals surface area contributed by atoms with E-state index in [9.17, 15) is 5.11 Å². The molecule has 0 aliphatic carbocycles. The molecule has 2 aromatic rings. The summed E-state index contributed by atoms with van der Waals surface area (Å²) in [6.07, 6.45) is 1.69. The van der Waals surface area contributed by atoms with Gasteiger partial charge in [0.05, 0.1) is 0 Å². The lowest BCUT2D eigenvalue weighted by Gasteiger charge is -2.07. The summed E-state index contributed by atoms with van der Waals surface area (Å²) in [6, 6.07) is 9.86. The molecule has 1 N–H and O–H groups in total. The van der Waals surface area contributed by atoms with Crippen molar-refractivity contribution < 1.29 is 5.11 Å². The van der Waals surface area contributed by atoms with Crippen LogP contribution in [0.4, 0.5) is 0 Å².